The molecule has 0 radical (unpaired) electrons. The van der Waals surface area contributed by atoms with Gasteiger partial charge in [0.25, 0.3) is 0 Å². The lowest BCUT2D eigenvalue weighted by atomic mass is 9.98. The topological polar surface area (TPSA) is 52.6 Å². The second-order valence-electron chi connectivity index (χ2n) is 7.53. The smallest absolute Gasteiger partial charge is 0.324 e. The van der Waals surface area contributed by atoms with Gasteiger partial charge < -0.3 is 5.11 Å². The lowest BCUT2D eigenvalue weighted by Gasteiger charge is -2.38. The third-order valence-electron chi connectivity index (χ3n) is 4.43. The number of carbonyl (C=O) groups is 1. The fourth-order valence-corrected chi connectivity index (χ4v) is 3.30. The minimum Gasteiger partial charge on any atom is -0.480 e. The molecule has 1 aliphatic rings. The second kappa shape index (κ2) is 8.14. The molecular formula is C17H34N2O2. The molecule has 0 aromatic rings. The zero-order valence-electron chi connectivity index (χ0n) is 14.5. The predicted molar refractivity (Wildman–Crippen MR) is 87.6 cm³/mol. The third-order valence-corrected chi connectivity index (χ3v) is 4.43. The molecule has 0 heterocycles. The van der Waals surface area contributed by atoms with E-state index in [1.807, 2.05) is 20.8 Å². The summed E-state index contributed by atoms with van der Waals surface area (Å²) in [6.07, 6.45) is 6.13. The number of hydrogen-bond acceptors (Lipinski definition) is 3. The summed E-state index contributed by atoms with van der Waals surface area (Å²) in [6.45, 7) is 11.9. The molecule has 2 N–H and O–H groups in total. The summed E-state index contributed by atoms with van der Waals surface area (Å²) in [6, 6.07) is 0.734. The number of nitrogens with zero attached hydrogens (tertiary/aromatic N) is 1. The molecule has 0 saturated heterocycles. The van der Waals surface area contributed by atoms with Crippen LogP contribution >= 0.6 is 0 Å². The van der Waals surface area contributed by atoms with Crippen LogP contribution in [0.25, 0.3) is 0 Å². The summed E-state index contributed by atoms with van der Waals surface area (Å²) in [5.41, 5.74) is -0.867. The summed E-state index contributed by atoms with van der Waals surface area (Å²) >= 11 is 0. The van der Waals surface area contributed by atoms with E-state index in [1.54, 1.807) is 0 Å². The number of aliphatic carboxylic acids is 1. The molecule has 0 aromatic heterocycles. The summed E-state index contributed by atoms with van der Waals surface area (Å²) in [4.78, 5) is 14.2. The molecular weight excluding hydrogens is 264 g/mol. The van der Waals surface area contributed by atoms with Crippen LogP contribution in [-0.2, 0) is 4.79 Å². The van der Waals surface area contributed by atoms with E-state index in [4.69, 9.17) is 0 Å². The van der Waals surface area contributed by atoms with E-state index in [2.05, 4.69) is 24.1 Å². The fraction of sp³-hybridized carbons (Fsp3) is 0.941. The van der Waals surface area contributed by atoms with Crippen molar-refractivity contribution in [2.24, 2.45) is 5.92 Å². The van der Waals surface area contributed by atoms with Crippen molar-refractivity contribution in [1.29, 1.82) is 0 Å². The molecule has 21 heavy (non-hydrogen) atoms. The molecule has 1 fully saturated rings. The molecule has 1 unspecified atom stereocenters. The first kappa shape index (κ1) is 18.4. The Morgan fingerprint density at radius 1 is 1.29 bits per heavy atom. The highest BCUT2D eigenvalue weighted by Gasteiger charge is 2.37. The van der Waals surface area contributed by atoms with E-state index in [9.17, 15) is 9.90 Å². The van der Waals surface area contributed by atoms with E-state index in [-0.39, 0.29) is 6.04 Å². The van der Waals surface area contributed by atoms with Gasteiger partial charge in [-0.3, -0.25) is 15.0 Å². The van der Waals surface area contributed by atoms with E-state index in [0.717, 1.165) is 13.0 Å². The van der Waals surface area contributed by atoms with Crippen LogP contribution in [0.1, 0.15) is 66.7 Å². The predicted octanol–water partition coefficient (Wildman–Crippen LogP) is 3.12. The minimum atomic E-state index is -0.867. The van der Waals surface area contributed by atoms with Crippen molar-refractivity contribution in [1.82, 2.24) is 10.2 Å². The molecule has 0 spiro atoms. The number of hydrogen-bond donors (Lipinski definition) is 2. The monoisotopic (exact) mass is 298 g/mol. The van der Waals surface area contributed by atoms with Crippen molar-refractivity contribution in [3.63, 3.8) is 0 Å². The lowest BCUT2D eigenvalue weighted by Crippen LogP contribution is -2.60. The van der Waals surface area contributed by atoms with Gasteiger partial charge in [0.1, 0.15) is 5.54 Å². The van der Waals surface area contributed by atoms with Gasteiger partial charge in [-0.25, -0.2) is 0 Å². The van der Waals surface area contributed by atoms with Gasteiger partial charge in [-0.2, -0.15) is 0 Å². The van der Waals surface area contributed by atoms with Crippen LogP contribution in [0.2, 0.25) is 0 Å². The van der Waals surface area contributed by atoms with Crippen LogP contribution in [0.15, 0.2) is 0 Å². The molecule has 124 valence electrons. The first-order valence-corrected chi connectivity index (χ1v) is 8.49. The van der Waals surface area contributed by atoms with Crippen LogP contribution in [0.3, 0.4) is 0 Å². The molecule has 1 rings (SSSR count). The first-order chi connectivity index (χ1) is 9.74. The van der Waals surface area contributed by atoms with Gasteiger partial charge in [-0.15, -0.1) is 0 Å². The van der Waals surface area contributed by atoms with Gasteiger partial charge >= 0.3 is 5.97 Å². The Morgan fingerprint density at radius 3 is 2.29 bits per heavy atom. The second-order valence-corrected chi connectivity index (χ2v) is 7.53. The molecule has 1 aliphatic carbocycles. The van der Waals surface area contributed by atoms with Gasteiger partial charge in [0.05, 0.1) is 0 Å². The zero-order chi connectivity index (χ0) is 16.0. The molecule has 0 aliphatic heterocycles. The van der Waals surface area contributed by atoms with Gasteiger partial charge in [0, 0.05) is 18.6 Å². The standard InChI is InChI=1S/C17H34N2O2/c1-13(2)10-11-19(15-8-6-7-9-15)12-17(5,16(20)21)18-14(3)4/h13-15,18H,6-12H2,1-5H3,(H,20,21). The fourth-order valence-electron chi connectivity index (χ4n) is 3.30. The highest BCUT2D eigenvalue weighted by atomic mass is 16.4. The summed E-state index contributed by atoms with van der Waals surface area (Å²) in [7, 11) is 0. The van der Waals surface area contributed by atoms with Gasteiger partial charge in [-0.1, -0.05) is 26.7 Å². The minimum absolute atomic E-state index is 0.168. The normalized spacial score (nSPS) is 19.6. The van der Waals surface area contributed by atoms with Gasteiger partial charge in [0.15, 0.2) is 0 Å². The van der Waals surface area contributed by atoms with E-state index in [1.165, 1.54) is 25.7 Å². The number of rotatable bonds is 9. The Balaban J connectivity index is 2.77. The van der Waals surface area contributed by atoms with Crippen LogP contribution < -0.4 is 5.32 Å². The van der Waals surface area contributed by atoms with Crippen molar-refractivity contribution in [3.8, 4) is 0 Å². The Kier molecular flexibility index (Phi) is 7.14. The van der Waals surface area contributed by atoms with Gasteiger partial charge in [0.2, 0.25) is 0 Å². The summed E-state index contributed by atoms with van der Waals surface area (Å²) < 4.78 is 0. The number of carboxylic acids is 1. The van der Waals surface area contributed by atoms with Crippen LogP contribution in [-0.4, -0.2) is 46.7 Å². The molecule has 4 heteroatoms. The van der Waals surface area contributed by atoms with E-state index >= 15 is 0 Å². The molecule has 4 nitrogen and oxygen atoms in total. The summed E-state index contributed by atoms with van der Waals surface area (Å²) in [5, 5.41) is 12.9. The summed E-state index contributed by atoms with van der Waals surface area (Å²) in [5.74, 6) is -0.0909. The molecule has 0 amide bonds. The van der Waals surface area contributed by atoms with Crippen LogP contribution in [0.5, 0.6) is 0 Å². The molecule has 1 saturated carbocycles. The Morgan fingerprint density at radius 2 is 1.86 bits per heavy atom. The van der Waals surface area contributed by atoms with Crippen molar-refractivity contribution < 1.29 is 9.90 Å². The highest BCUT2D eigenvalue weighted by Crippen LogP contribution is 2.26. The van der Waals surface area contributed by atoms with Crippen molar-refractivity contribution in [2.75, 3.05) is 13.1 Å². The maximum absolute atomic E-state index is 11.8. The molecule has 0 aromatic carbocycles. The van der Waals surface area contributed by atoms with E-state index in [0.29, 0.717) is 18.5 Å². The largest absolute Gasteiger partial charge is 0.480 e. The maximum atomic E-state index is 11.8. The average molecular weight is 298 g/mol. The first-order valence-electron chi connectivity index (χ1n) is 8.49. The SMILES string of the molecule is CC(C)CCN(CC(C)(NC(C)C)C(=O)O)C1CCCC1. The van der Waals surface area contributed by atoms with E-state index < -0.39 is 11.5 Å². The Labute approximate surface area is 130 Å². The van der Waals surface area contributed by atoms with Crippen molar-refractivity contribution in [2.45, 2.75) is 84.3 Å². The Hall–Kier alpha value is -0.610. The van der Waals surface area contributed by atoms with Crippen LogP contribution in [0.4, 0.5) is 0 Å². The van der Waals surface area contributed by atoms with Crippen molar-refractivity contribution in [3.05, 3.63) is 0 Å². The number of carboxylic acid groups (broad SMARTS) is 1. The average Bonchev–Trinajstić information content (AvgIpc) is 2.86. The van der Waals surface area contributed by atoms with Crippen LogP contribution in [0, 0.1) is 5.92 Å². The van der Waals surface area contributed by atoms with Gasteiger partial charge in [-0.05, 0) is 52.5 Å². The maximum Gasteiger partial charge on any atom is 0.324 e. The molecule has 1 atom stereocenters. The zero-order valence-corrected chi connectivity index (χ0v) is 14.5. The Bertz CT molecular complexity index is 325. The number of nitrogens with one attached hydrogen (secondary N) is 1. The quantitative estimate of drug-likeness (QED) is 0.687. The highest BCUT2D eigenvalue weighted by molar-refractivity contribution is 5.78. The van der Waals surface area contributed by atoms with Crippen molar-refractivity contribution >= 4 is 5.97 Å². The molecule has 0 bridgehead atoms. The lowest BCUT2D eigenvalue weighted by molar-refractivity contribution is -0.145. The third kappa shape index (κ3) is 5.95.